The lowest BCUT2D eigenvalue weighted by atomic mass is 9.95. The predicted octanol–water partition coefficient (Wildman–Crippen LogP) is 4.55. The normalized spacial score (nSPS) is 16.2. The number of aromatic nitrogens is 1. The van der Waals surface area contributed by atoms with Gasteiger partial charge in [0.1, 0.15) is 17.4 Å². The zero-order chi connectivity index (χ0) is 22.6. The number of allylic oxidation sites excluding steroid dienone is 1. The monoisotopic (exact) mass is 447 g/mol. The third-order valence-corrected chi connectivity index (χ3v) is 6.27. The number of hydrogen-bond acceptors (Lipinski definition) is 4. The summed E-state index contributed by atoms with van der Waals surface area (Å²) < 4.78 is 34.2. The van der Waals surface area contributed by atoms with Gasteiger partial charge in [-0.15, -0.1) is 0 Å². The molecule has 2 heterocycles. The quantitative estimate of drug-likeness (QED) is 0.540. The van der Waals surface area contributed by atoms with Gasteiger partial charge in [-0.25, -0.2) is 8.78 Å². The fraction of sp³-hybridized carbons (Fsp3) is 0.296. The molecule has 3 aromatic rings. The number of halogens is 2. The van der Waals surface area contributed by atoms with Gasteiger partial charge < -0.3 is 15.0 Å². The number of pyridine rings is 1. The van der Waals surface area contributed by atoms with E-state index < -0.39 is 11.6 Å². The zero-order valence-corrected chi connectivity index (χ0v) is 18.5. The van der Waals surface area contributed by atoms with E-state index in [2.05, 4.69) is 21.3 Å². The van der Waals surface area contributed by atoms with Crippen molar-refractivity contribution >= 4 is 11.1 Å². The maximum absolute atomic E-state index is 14.1. The summed E-state index contributed by atoms with van der Waals surface area (Å²) >= 11 is 0. The molecule has 0 spiro atoms. The summed E-state index contributed by atoms with van der Waals surface area (Å²) in [6.45, 7) is 5.98. The van der Waals surface area contributed by atoms with Crippen molar-refractivity contribution in [2.24, 2.45) is 0 Å². The van der Waals surface area contributed by atoms with Gasteiger partial charge in [-0.2, -0.15) is 0 Å². The molecule has 0 atom stereocenters. The Hall–Kier alpha value is -3.09. The first-order valence-electron chi connectivity index (χ1n) is 11.5. The SMILES string of the molecule is Fc1cc(F)cc(C2=C(c3cccnc3)Cc3cc(OCCCN4CCNCC4)ccc32)c1. The summed E-state index contributed by atoms with van der Waals surface area (Å²) in [6, 6.07) is 13.6. The highest BCUT2D eigenvalue weighted by molar-refractivity contribution is 6.03. The maximum atomic E-state index is 14.1. The number of nitrogens with one attached hydrogen (secondary N) is 1. The van der Waals surface area contributed by atoms with Crippen LogP contribution >= 0.6 is 0 Å². The summed E-state index contributed by atoms with van der Waals surface area (Å²) in [6.07, 6.45) is 5.15. The van der Waals surface area contributed by atoms with Gasteiger partial charge in [0, 0.05) is 51.2 Å². The first kappa shape index (κ1) is 21.7. The molecule has 1 fully saturated rings. The zero-order valence-electron chi connectivity index (χ0n) is 18.5. The molecule has 5 rings (SSSR count). The summed E-state index contributed by atoms with van der Waals surface area (Å²) in [5, 5.41) is 3.37. The molecular weight excluding hydrogens is 420 g/mol. The molecule has 170 valence electrons. The molecule has 0 amide bonds. The number of hydrogen-bond donors (Lipinski definition) is 1. The molecule has 0 bridgehead atoms. The topological polar surface area (TPSA) is 37.4 Å². The largest absolute Gasteiger partial charge is 0.494 e. The predicted molar refractivity (Wildman–Crippen MR) is 126 cm³/mol. The Morgan fingerprint density at radius 3 is 2.55 bits per heavy atom. The molecule has 1 N–H and O–H groups in total. The Bertz CT molecular complexity index is 1140. The lowest BCUT2D eigenvalue weighted by Gasteiger charge is -2.26. The smallest absolute Gasteiger partial charge is 0.126 e. The van der Waals surface area contributed by atoms with Crippen LogP contribution in [0.25, 0.3) is 11.1 Å². The van der Waals surface area contributed by atoms with Gasteiger partial charge in [-0.3, -0.25) is 4.98 Å². The average molecular weight is 448 g/mol. The summed E-state index contributed by atoms with van der Waals surface area (Å²) in [4.78, 5) is 6.70. The van der Waals surface area contributed by atoms with Crippen LogP contribution in [0, 0.1) is 11.6 Å². The molecule has 1 aliphatic heterocycles. The Kier molecular flexibility index (Phi) is 6.46. The Morgan fingerprint density at radius 2 is 1.79 bits per heavy atom. The average Bonchev–Trinajstić information content (AvgIpc) is 3.21. The van der Waals surface area contributed by atoms with Crippen molar-refractivity contribution in [1.29, 1.82) is 0 Å². The molecule has 0 radical (unpaired) electrons. The van der Waals surface area contributed by atoms with Crippen LogP contribution in [0.15, 0.2) is 60.9 Å². The minimum atomic E-state index is -0.582. The number of fused-ring (bicyclic) bond motifs is 1. The van der Waals surface area contributed by atoms with E-state index in [1.807, 2.05) is 24.3 Å². The van der Waals surface area contributed by atoms with Crippen LogP contribution in [0.5, 0.6) is 5.75 Å². The standard InChI is InChI=1S/C27H27F2N3O/c28-22-13-21(14-23(29)17-22)27-25-5-4-24(33-12-2-9-32-10-7-30-8-11-32)15-20(25)16-26(27)19-3-1-6-31-18-19/h1,3-6,13-15,17-18,30H,2,7-12,16H2. The molecule has 0 saturated carbocycles. The molecule has 1 aliphatic carbocycles. The fourth-order valence-electron chi connectivity index (χ4n) is 4.72. The van der Waals surface area contributed by atoms with Crippen LogP contribution in [0.2, 0.25) is 0 Å². The summed E-state index contributed by atoms with van der Waals surface area (Å²) in [5.41, 5.74) is 5.42. The second-order valence-electron chi connectivity index (χ2n) is 8.54. The highest BCUT2D eigenvalue weighted by Crippen LogP contribution is 2.43. The lowest BCUT2D eigenvalue weighted by molar-refractivity contribution is 0.214. The Morgan fingerprint density at radius 1 is 0.970 bits per heavy atom. The Balaban J connectivity index is 1.37. The van der Waals surface area contributed by atoms with Gasteiger partial charge in [0.15, 0.2) is 0 Å². The first-order chi connectivity index (χ1) is 16.2. The maximum Gasteiger partial charge on any atom is 0.126 e. The number of ether oxygens (including phenoxy) is 1. The van der Waals surface area contributed by atoms with Crippen molar-refractivity contribution in [2.45, 2.75) is 12.8 Å². The van der Waals surface area contributed by atoms with E-state index in [0.29, 0.717) is 18.6 Å². The summed E-state index contributed by atoms with van der Waals surface area (Å²) in [5.74, 6) is -0.340. The van der Waals surface area contributed by atoms with E-state index in [0.717, 1.165) is 78.8 Å². The highest BCUT2D eigenvalue weighted by atomic mass is 19.1. The van der Waals surface area contributed by atoms with Crippen molar-refractivity contribution in [2.75, 3.05) is 39.3 Å². The van der Waals surface area contributed by atoms with Crippen LogP contribution in [0.4, 0.5) is 8.78 Å². The molecule has 33 heavy (non-hydrogen) atoms. The molecular formula is C27H27F2N3O. The van der Waals surface area contributed by atoms with Crippen LogP contribution in [-0.4, -0.2) is 49.2 Å². The van der Waals surface area contributed by atoms with E-state index in [9.17, 15) is 8.78 Å². The minimum Gasteiger partial charge on any atom is -0.494 e. The van der Waals surface area contributed by atoms with Crippen molar-refractivity contribution < 1.29 is 13.5 Å². The van der Waals surface area contributed by atoms with Crippen molar-refractivity contribution in [3.8, 4) is 5.75 Å². The second-order valence-corrected chi connectivity index (χ2v) is 8.54. The molecule has 2 aromatic carbocycles. The molecule has 6 heteroatoms. The molecule has 0 unspecified atom stereocenters. The third kappa shape index (κ3) is 4.97. The first-order valence-corrected chi connectivity index (χ1v) is 11.5. The van der Waals surface area contributed by atoms with Gasteiger partial charge in [-0.05, 0) is 76.6 Å². The molecule has 2 aliphatic rings. The van der Waals surface area contributed by atoms with Crippen molar-refractivity contribution in [3.63, 3.8) is 0 Å². The summed E-state index contributed by atoms with van der Waals surface area (Å²) in [7, 11) is 0. The van der Waals surface area contributed by atoms with Crippen LogP contribution in [-0.2, 0) is 6.42 Å². The highest BCUT2D eigenvalue weighted by Gasteiger charge is 2.25. The van der Waals surface area contributed by atoms with E-state index >= 15 is 0 Å². The van der Waals surface area contributed by atoms with E-state index in [1.165, 1.54) is 12.1 Å². The number of piperazine rings is 1. The van der Waals surface area contributed by atoms with E-state index in [4.69, 9.17) is 4.74 Å². The molecule has 4 nitrogen and oxygen atoms in total. The third-order valence-electron chi connectivity index (χ3n) is 6.27. The fourth-order valence-corrected chi connectivity index (χ4v) is 4.72. The van der Waals surface area contributed by atoms with E-state index in [1.54, 1.807) is 12.4 Å². The molecule has 1 aromatic heterocycles. The second kappa shape index (κ2) is 9.81. The van der Waals surface area contributed by atoms with Gasteiger partial charge >= 0.3 is 0 Å². The van der Waals surface area contributed by atoms with Crippen LogP contribution in [0.1, 0.15) is 28.7 Å². The van der Waals surface area contributed by atoms with Gasteiger partial charge in [0.05, 0.1) is 6.61 Å². The van der Waals surface area contributed by atoms with Gasteiger partial charge in [-0.1, -0.05) is 12.1 Å². The van der Waals surface area contributed by atoms with Gasteiger partial charge in [0.2, 0.25) is 0 Å². The van der Waals surface area contributed by atoms with Crippen LogP contribution in [0.3, 0.4) is 0 Å². The van der Waals surface area contributed by atoms with Crippen molar-refractivity contribution in [3.05, 3.63) is 94.8 Å². The van der Waals surface area contributed by atoms with Gasteiger partial charge in [0.25, 0.3) is 0 Å². The van der Waals surface area contributed by atoms with Crippen LogP contribution < -0.4 is 10.1 Å². The van der Waals surface area contributed by atoms with Crippen molar-refractivity contribution in [1.82, 2.24) is 15.2 Å². The number of rotatable bonds is 7. The Labute approximate surface area is 192 Å². The number of nitrogens with zero attached hydrogens (tertiary/aromatic N) is 2. The lowest BCUT2D eigenvalue weighted by Crippen LogP contribution is -2.43. The number of benzene rings is 2. The minimum absolute atomic E-state index is 0.537. The molecule has 1 saturated heterocycles. The van der Waals surface area contributed by atoms with E-state index in [-0.39, 0.29) is 0 Å².